The standard InChI is InChI=1S/C12H19I/c1-10(2)4-3-5-11-6-8-12(13)9-7-11/h4,6,12H,3,5,7-9H2,1-2H3. The summed E-state index contributed by atoms with van der Waals surface area (Å²) in [4.78, 5) is 0. The Bertz CT molecular complexity index is 209. The van der Waals surface area contributed by atoms with Crippen LogP contribution in [-0.4, -0.2) is 3.92 Å². The van der Waals surface area contributed by atoms with Crippen molar-refractivity contribution in [2.24, 2.45) is 0 Å². The normalized spacial score (nSPS) is 22.4. The lowest BCUT2D eigenvalue weighted by Gasteiger charge is -2.16. The Labute approximate surface area is 95.6 Å². The second-order valence-electron chi connectivity index (χ2n) is 4.05. The third kappa shape index (κ3) is 4.84. The molecule has 74 valence electrons. The SMILES string of the molecule is CC(C)=CCCC1=CCC(I)CC1. The molecule has 0 spiro atoms. The number of halogens is 1. The predicted octanol–water partition coefficient (Wildman–Crippen LogP) is 4.65. The smallest absolute Gasteiger partial charge is 0.0147 e. The molecule has 1 rings (SSSR count). The van der Waals surface area contributed by atoms with E-state index in [1.807, 2.05) is 0 Å². The van der Waals surface area contributed by atoms with Crippen LogP contribution >= 0.6 is 22.6 Å². The van der Waals surface area contributed by atoms with Crippen molar-refractivity contribution in [3.63, 3.8) is 0 Å². The zero-order valence-electron chi connectivity index (χ0n) is 8.65. The highest BCUT2D eigenvalue weighted by Crippen LogP contribution is 2.26. The van der Waals surface area contributed by atoms with E-state index in [4.69, 9.17) is 0 Å². The molecule has 1 heteroatoms. The van der Waals surface area contributed by atoms with E-state index in [0.717, 1.165) is 3.92 Å². The van der Waals surface area contributed by atoms with Gasteiger partial charge in [-0.25, -0.2) is 0 Å². The van der Waals surface area contributed by atoms with Gasteiger partial charge in [0.15, 0.2) is 0 Å². The summed E-state index contributed by atoms with van der Waals surface area (Å²) in [6.07, 6.45) is 11.3. The topological polar surface area (TPSA) is 0 Å². The van der Waals surface area contributed by atoms with Gasteiger partial charge in [-0.2, -0.15) is 0 Å². The number of hydrogen-bond acceptors (Lipinski definition) is 0. The average molecular weight is 290 g/mol. The minimum atomic E-state index is 0.893. The molecule has 0 fully saturated rings. The summed E-state index contributed by atoms with van der Waals surface area (Å²) in [6.45, 7) is 4.35. The Morgan fingerprint density at radius 1 is 1.62 bits per heavy atom. The maximum Gasteiger partial charge on any atom is 0.0147 e. The van der Waals surface area contributed by atoms with E-state index in [9.17, 15) is 0 Å². The Morgan fingerprint density at radius 3 is 2.92 bits per heavy atom. The van der Waals surface area contributed by atoms with Gasteiger partial charge < -0.3 is 0 Å². The second-order valence-corrected chi connectivity index (χ2v) is 5.82. The van der Waals surface area contributed by atoms with Crippen LogP contribution in [0, 0.1) is 0 Å². The first-order valence-corrected chi connectivity index (χ1v) is 6.38. The van der Waals surface area contributed by atoms with E-state index in [0.29, 0.717) is 0 Å². The molecule has 0 saturated carbocycles. The molecule has 0 aromatic heterocycles. The number of alkyl halides is 1. The molecule has 1 unspecified atom stereocenters. The van der Waals surface area contributed by atoms with E-state index >= 15 is 0 Å². The van der Waals surface area contributed by atoms with Crippen molar-refractivity contribution < 1.29 is 0 Å². The van der Waals surface area contributed by atoms with Crippen LogP contribution in [0.3, 0.4) is 0 Å². The van der Waals surface area contributed by atoms with E-state index in [2.05, 4.69) is 48.6 Å². The summed E-state index contributed by atoms with van der Waals surface area (Å²) >= 11 is 2.56. The summed E-state index contributed by atoms with van der Waals surface area (Å²) in [7, 11) is 0. The molecule has 0 N–H and O–H groups in total. The number of allylic oxidation sites excluding steroid dienone is 4. The van der Waals surface area contributed by atoms with E-state index in [-0.39, 0.29) is 0 Å². The molecule has 1 aliphatic rings. The van der Waals surface area contributed by atoms with Gasteiger partial charge in [0.05, 0.1) is 0 Å². The van der Waals surface area contributed by atoms with Crippen LogP contribution in [-0.2, 0) is 0 Å². The Kier molecular flexibility index (Phi) is 5.07. The lowest BCUT2D eigenvalue weighted by molar-refractivity contribution is 0.706. The van der Waals surface area contributed by atoms with Crippen LogP contribution in [0.15, 0.2) is 23.3 Å². The van der Waals surface area contributed by atoms with Crippen LogP contribution in [0.4, 0.5) is 0 Å². The number of rotatable bonds is 3. The molecule has 0 aromatic carbocycles. The molecular weight excluding hydrogens is 271 g/mol. The zero-order chi connectivity index (χ0) is 9.68. The fourth-order valence-electron chi connectivity index (χ4n) is 1.63. The first-order chi connectivity index (χ1) is 6.18. The zero-order valence-corrected chi connectivity index (χ0v) is 10.8. The molecule has 0 amide bonds. The Hall–Kier alpha value is 0.210. The maximum atomic E-state index is 2.56. The van der Waals surface area contributed by atoms with Gasteiger partial charge in [-0.05, 0) is 46.0 Å². The van der Waals surface area contributed by atoms with Crippen molar-refractivity contribution in [2.45, 2.75) is 49.9 Å². The summed E-state index contributed by atoms with van der Waals surface area (Å²) in [6, 6.07) is 0. The first kappa shape index (κ1) is 11.3. The van der Waals surface area contributed by atoms with Gasteiger partial charge >= 0.3 is 0 Å². The number of hydrogen-bond donors (Lipinski definition) is 0. The molecule has 0 saturated heterocycles. The third-order valence-electron chi connectivity index (χ3n) is 2.46. The molecule has 0 radical (unpaired) electrons. The van der Waals surface area contributed by atoms with Crippen LogP contribution in [0.25, 0.3) is 0 Å². The molecular formula is C12H19I. The van der Waals surface area contributed by atoms with Gasteiger partial charge in [-0.3, -0.25) is 0 Å². The van der Waals surface area contributed by atoms with Gasteiger partial charge in [-0.15, -0.1) is 0 Å². The van der Waals surface area contributed by atoms with Gasteiger partial charge in [0.1, 0.15) is 0 Å². The van der Waals surface area contributed by atoms with E-state index < -0.39 is 0 Å². The Balaban J connectivity index is 2.26. The lowest BCUT2D eigenvalue weighted by Crippen LogP contribution is -2.03. The molecule has 13 heavy (non-hydrogen) atoms. The highest BCUT2D eigenvalue weighted by molar-refractivity contribution is 14.1. The summed E-state index contributed by atoms with van der Waals surface area (Å²) < 4.78 is 0.893. The van der Waals surface area contributed by atoms with Crippen LogP contribution in [0.5, 0.6) is 0 Å². The minimum Gasteiger partial charge on any atom is -0.0856 e. The van der Waals surface area contributed by atoms with Crippen molar-refractivity contribution in [1.29, 1.82) is 0 Å². The fraction of sp³-hybridized carbons (Fsp3) is 0.667. The predicted molar refractivity (Wildman–Crippen MR) is 68.4 cm³/mol. The largest absolute Gasteiger partial charge is 0.0856 e. The lowest BCUT2D eigenvalue weighted by atomic mass is 9.96. The third-order valence-corrected chi connectivity index (χ3v) is 3.59. The molecule has 0 aliphatic heterocycles. The van der Waals surface area contributed by atoms with Crippen molar-refractivity contribution in [3.8, 4) is 0 Å². The maximum absolute atomic E-state index is 2.56. The summed E-state index contributed by atoms with van der Waals surface area (Å²) in [5.41, 5.74) is 3.13. The minimum absolute atomic E-state index is 0.893. The van der Waals surface area contributed by atoms with Crippen LogP contribution in [0.1, 0.15) is 46.0 Å². The first-order valence-electron chi connectivity index (χ1n) is 5.14. The van der Waals surface area contributed by atoms with Gasteiger partial charge in [0.25, 0.3) is 0 Å². The van der Waals surface area contributed by atoms with Crippen molar-refractivity contribution in [3.05, 3.63) is 23.3 Å². The fourth-order valence-corrected chi connectivity index (χ4v) is 2.20. The van der Waals surface area contributed by atoms with Gasteiger partial charge in [0, 0.05) is 3.92 Å². The molecule has 0 heterocycles. The monoisotopic (exact) mass is 290 g/mol. The van der Waals surface area contributed by atoms with Gasteiger partial charge in [0.2, 0.25) is 0 Å². The second kappa shape index (κ2) is 5.84. The molecule has 1 atom stereocenters. The van der Waals surface area contributed by atoms with E-state index in [1.54, 1.807) is 5.57 Å². The Morgan fingerprint density at radius 2 is 2.38 bits per heavy atom. The van der Waals surface area contributed by atoms with Crippen LogP contribution in [0.2, 0.25) is 0 Å². The van der Waals surface area contributed by atoms with Crippen molar-refractivity contribution >= 4 is 22.6 Å². The summed E-state index contributed by atoms with van der Waals surface area (Å²) in [5.74, 6) is 0. The summed E-state index contributed by atoms with van der Waals surface area (Å²) in [5, 5.41) is 0. The molecule has 1 aliphatic carbocycles. The molecule has 0 bridgehead atoms. The molecule has 0 nitrogen and oxygen atoms in total. The molecule has 0 aromatic rings. The van der Waals surface area contributed by atoms with Crippen molar-refractivity contribution in [1.82, 2.24) is 0 Å². The quantitative estimate of drug-likeness (QED) is 0.403. The van der Waals surface area contributed by atoms with Gasteiger partial charge in [-0.1, -0.05) is 45.9 Å². The average Bonchev–Trinajstić information content (AvgIpc) is 2.08. The van der Waals surface area contributed by atoms with Crippen molar-refractivity contribution in [2.75, 3.05) is 0 Å². The highest BCUT2D eigenvalue weighted by atomic mass is 127. The highest BCUT2D eigenvalue weighted by Gasteiger charge is 2.09. The van der Waals surface area contributed by atoms with E-state index in [1.165, 1.54) is 37.7 Å². The van der Waals surface area contributed by atoms with Crippen LogP contribution < -0.4 is 0 Å².